The third-order valence-electron chi connectivity index (χ3n) is 4.45. The first-order chi connectivity index (χ1) is 12.0. The second-order valence-electron chi connectivity index (χ2n) is 6.35. The number of hydrogen-bond donors (Lipinski definition) is 1. The molecule has 0 heterocycles. The number of carbonyl (C=O) groups excluding carboxylic acids is 2. The Morgan fingerprint density at radius 3 is 2.48 bits per heavy atom. The summed E-state index contributed by atoms with van der Waals surface area (Å²) in [4.78, 5) is 24.0. The molecular weight excluding hydrogens is 338 g/mol. The van der Waals surface area contributed by atoms with E-state index in [-0.39, 0.29) is 24.4 Å². The predicted molar refractivity (Wildman–Crippen MR) is 97.7 cm³/mol. The van der Waals surface area contributed by atoms with Gasteiger partial charge >= 0.3 is 5.97 Å². The molecule has 4 nitrogen and oxygen atoms in total. The molecule has 3 rings (SSSR count). The fourth-order valence-corrected chi connectivity index (χ4v) is 2.71. The Morgan fingerprint density at radius 1 is 1.16 bits per heavy atom. The SMILES string of the molecule is Cc1cc(NC(=O)c2ccc(COC(=O)C3CCC3)cc2)ccc1Cl. The van der Waals surface area contributed by atoms with Crippen LogP contribution in [0.15, 0.2) is 42.5 Å². The van der Waals surface area contributed by atoms with E-state index in [1.807, 2.05) is 13.0 Å². The zero-order valence-electron chi connectivity index (χ0n) is 14.0. The molecule has 2 aromatic rings. The molecule has 0 unspecified atom stereocenters. The van der Waals surface area contributed by atoms with Crippen LogP contribution in [-0.2, 0) is 16.1 Å². The van der Waals surface area contributed by atoms with Crippen LogP contribution in [0.5, 0.6) is 0 Å². The predicted octanol–water partition coefficient (Wildman–Crippen LogP) is 4.74. The van der Waals surface area contributed by atoms with Gasteiger partial charge in [0, 0.05) is 16.3 Å². The summed E-state index contributed by atoms with van der Waals surface area (Å²) in [7, 11) is 0. The average molecular weight is 358 g/mol. The quantitative estimate of drug-likeness (QED) is 0.786. The maximum Gasteiger partial charge on any atom is 0.309 e. The van der Waals surface area contributed by atoms with Gasteiger partial charge in [0.15, 0.2) is 0 Å². The lowest BCUT2D eigenvalue weighted by molar-refractivity contribution is -0.152. The van der Waals surface area contributed by atoms with Crippen LogP contribution < -0.4 is 5.32 Å². The fraction of sp³-hybridized carbons (Fsp3) is 0.300. The van der Waals surface area contributed by atoms with E-state index in [0.29, 0.717) is 16.3 Å². The summed E-state index contributed by atoms with van der Waals surface area (Å²) in [6, 6.07) is 12.4. The van der Waals surface area contributed by atoms with Gasteiger partial charge in [-0.25, -0.2) is 0 Å². The number of hydrogen-bond acceptors (Lipinski definition) is 3. The first kappa shape index (κ1) is 17.5. The summed E-state index contributed by atoms with van der Waals surface area (Å²) in [5, 5.41) is 3.51. The molecule has 25 heavy (non-hydrogen) atoms. The number of anilines is 1. The van der Waals surface area contributed by atoms with Crippen LogP contribution in [0.25, 0.3) is 0 Å². The van der Waals surface area contributed by atoms with Crippen LogP contribution in [0.1, 0.15) is 40.7 Å². The summed E-state index contributed by atoms with van der Waals surface area (Å²) in [5.74, 6) is -0.237. The molecular formula is C20H20ClNO3. The van der Waals surface area contributed by atoms with Gasteiger partial charge in [-0.15, -0.1) is 0 Å². The number of halogens is 1. The van der Waals surface area contributed by atoms with Crippen LogP contribution in [0.3, 0.4) is 0 Å². The number of aryl methyl sites for hydroxylation is 1. The second-order valence-corrected chi connectivity index (χ2v) is 6.76. The molecule has 0 spiro atoms. The van der Waals surface area contributed by atoms with E-state index in [0.717, 1.165) is 30.4 Å². The third kappa shape index (κ3) is 4.40. The third-order valence-corrected chi connectivity index (χ3v) is 4.88. The minimum absolute atomic E-state index is 0.0767. The molecule has 1 aliphatic rings. The van der Waals surface area contributed by atoms with Gasteiger partial charge < -0.3 is 10.1 Å². The topological polar surface area (TPSA) is 55.4 Å². The van der Waals surface area contributed by atoms with Crippen molar-refractivity contribution in [3.63, 3.8) is 0 Å². The molecule has 0 aromatic heterocycles. The summed E-state index contributed by atoms with van der Waals surface area (Å²) >= 11 is 5.99. The Kier molecular flexibility index (Phi) is 5.39. The molecule has 0 atom stereocenters. The maximum absolute atomic E-state index is 12.3. The van der Waals surface area contributed by atoms with Gasteiger partial charge in [0.1, 0.15) is 6.61 Å². The van der Waals surface area contributed by atoms with Gasteiger partial charge in [-0.05, 0) is 61.2 Å². The Bertz CT molecular complexity index is 782. The van der Waals surface area contributed by atoms with Crippen LogP contribution in [0, 0.1) is 12.8 Å². The average Bonchev–Trinajstić information content (AvgIpc) is 2.55. The molecule has 1 aliphatic carbocycles. The molecule has 2 aromatic carbocycles. The Balaban J connectivity index is 1.56. The summed E-state index contributed by atoms with van der Waals surface area (Å²) < 4.78 is 5.30. The minimum atomic E-state index is -0.195. The van der Waals surface area contributed by atoms with E-state index < -0.39 is 0 Å². The molecule has 0 radical (unpaired) electrons. The lowest BCUT2D eigenvalue weighted by Crippen LogP contribution is -2.23. The molecule has 1 N–H and O–H groups in total. The van der Waals surface area contributed by atoms with Crippen molar-refractivity contribution in [1.29, 1.82) is 0 Å². The first-order valence-electron chi connectivity index (χ1n) is 8.36. The Morgan fingerprint density at radius 2 is 1.88 bits per heavy atom. The van der Waals surface area contributed by atoms with Gasteiger partial charge in [0.05, 0.1) is 5.92 Å². The summed E-state index contributed by atoms with van der Waals surface area (Å²) in [6.45, 7) is 2.13. The molecule has 0 aliphatic heterocycles. The normalized spacial score (nSPS) is 13.8. The fourth-order valence-electron chi connectivity index (χ4n) is 2.59. The van der Waals surface area contributed by atoms with Crippen molar-refractivity contribution in [1.82, 2.24) is 0 Å². The van der Waals surface area contributed by atoms with Crippen LogP contribution >= 0.6 is 11.6 Å². The smallest absolute Gasteiger partial charge is 0.309 e. The van der Waals surface area contributed by atoms with Crippen LogP contribution in [-0.4, -0.2) is 11.9 Å². The van der Waals surface area contributed by atoms with E-state index in [1.165, 1.54) is 0 Å². The van der Waals surface area contributed by atoms with E-state index in [1.54, 1.807) is 36.4 Å². The highest BCUT2D eigenvalue weighted by Gasteiger charge is 2.26. The van der Waals surface area contributed by atoms with Crippen molar-refractivity contribution >= 4 is 29.2 Å². The zero-order valence-corrected chi connectivity index (χ0v) is 14.8. The van der Waals surface area contributed by atoms with Gasteiger partial charge in [-0.3, -0.25) is 9.59 Å². The lowest BCUT2D eigenvalue weighted by atomic mass is 9.86. The lowest BCUT2D eigenvalue weighted by Gasteiger charge is -2.23. The Labute approximate surface area is 152 Å². The van der Waals surface area contributed by atoms with Gasteiger partial charge in [-0.2, -0.15) is 0 Å². The molecule has 0 saturated heterocycles. The Hall–Kier alpha value is -2.33. The van der Waals surface area contributed by atoms with Crippen molar-refractivity contribution in [2.45, 2.75) is 32.8 Å². The number of carbonyl (C=O) groups is 2. The van der Waals surface area contributed by atoms with E-state index in [9.17, 15) is 9.59 Å². The minimum Gasteiger partial charge on any atom is -0.461 e. The molecule has 5 heteroatoms. The number of nitrogens with one attached hydrogen (secondary N) is 1. The first-order valence-corrected chi connectivity index (χ1v) is 8.74. The molecule has 1 amide bonds. The van der Waals surface area contributed by atoms with E-state index in [4.69, 9.17) is 16.3 Å². The highest BCUT2D eigenvalue weighted by atomic mass is 35.5. The second kappa shape index (κ2) is 7.70. The van der Waals surface area contributed by atoms with Crippen molar-refractivity contribution < 1.29 is 14.3 Å². The number of esters is 1. The zero-order chi connectivity index (χ0) is 17.8. The number of rotatable bonds is 5. The van der Waals surface area contributed by atoms with E-state index in [2.05, 4.69) is 5.32 Å². The van der Waals surface area contributed by atoms with E-state index >= 15 is 0 Å². The molecule has 0 bridgehead atoms. The summed E-state index contributed by atoms with van der Waals surface area (Å²) in [5.41, 5.74) is 3.02. The monoisotopic (exact) mass is 357 g/mol. The number of ether oxygens (including phenoxy) is 1. The van der Waals surface area contributed by atoms with Crippen molar-refractivity contribution in [3.8, 4) is 0 Å². The van der Waals surface area contributed by atoms with Gasteiger partial charge in [0.25, 0.3) is 5.91 Å². The molecule has 1 fully saturated rings. The van der Waals surface area contributed by atoms with Crippen molar-refractivity contribution in [2.75, 3.05) is 5.32 Å². The molecule has 130 valence electrons. The number of amides is 1. The van der Waals surface area contributed by atoms with Crippen LogP contribution in [0.4, 0.5) is 5.69 Å². The standard InChI is InChI=1S/C20H20ClNO3/c1-13-11-17(9-10-18(13)21)22-19(23)15-7-5-14(6-8-15)12-25-20(24)16-3-2-4-16/h5-11,16H,2-4,12H2,1H3,(H,22,23). The van der Waals surface area contributed by atoms with Crippen molar-refractivity contribution in [3.05, 3.63) is 64.2 Å². The number of benzene rings is 2. The maximum atomic E-state index is 12.3. The highest BCUT2D eigenvalue weighted by molar-refractivity contribution is 6.31. The molecule has 1 saturated carbocycles. The highest BCUT2D eigenvalue weighted by Crippen LogP contribution is 2.27. The van der Waals surface area contributed by atoms with Crippen molar-refractivity contribution in [2.24, 2.45) is 5.92 Å². The summed E-state index contributed by atoms with van der Waals surface area (Å²) in [6.07, 6.45) is 2.97. The van der Waals surface area contributed by atoms with Gasteiger partial charge in [-0.1, -0.05) is 30.2 Å². The van der Waals surface area contributed by atoms with Gasteiger partial charge in [0.2, 0.25) is 0 Å². The van der Waals surface area contributed by atoms with Crippen LogP contribution in [0.2, 0.25) is 5.02 Å². The largest absolute Gasteiger partial charge is 0.461 e.